The highest BCUT2D eigenvalue weighted by Crippen LogP contribution is 2.49. The Bertz CT molecular complexity index is 1030. The largest absolute Gasteiger partial charge is 0.545 e. The molecular formula is C22H17N2O5-. The number of carboxylic acid groups (broad SMARTS) is 1. The van der Waals surface area contributed by atoms with Crippen molar-refractivity contribution in [3.63, 3.8) is 0 Å². The first-order chi connectivity index (χ1) is 14.0. The summed E-state index contributed by atoms with van der Waals surface area (Å²) in [6.07, 6.45) is 7.38. The van der Waals surface area contributed by atoms with Crippen molar-refractivity contribution in [2.45, 2.75) is 12.8 Å². The molecular weight excluding hydrogens is 372 g/mol. The highest BCUT2D eigenvalue weighted by atomic mass is 16.4. The van der Waals surface area contributed by atoms with Gasteiger partial charge in [0.25, 0.3) is 11.8 Å². The van der Waals surface area contributed by atoms with Gasteiger partial charge in [-0.2, -0.15) is 10.1 Å². The van der Waals surface area contributed by atoms with Crippen molar-refractivity contribution < 1.29 is 23.9 Å². The van der Waals surface area contributed by atoms with E-state index in [0.717, 1.165) is 17.9 Å². The summed E-state index contributed by atoms with van der Waals surface area (Å²) in [5, 5.41) is 16.0. The van der Waals surface area contributed by atoms with Gasteiger partial charge in [-0.05, 0) is 42.4 Å². The first-order valence-electron chi connectivity index (χ1n) is 9.54. The molecule has 2 bridgehead atoms. The zero-order valence-corrected chi connectivity index (χ0v) is 15.4. The van der Waals surface area contributed by atoms with Gasteiger partial charge in [0.2, 0.25) is 0 Å². The topological polar surface area (TPSA) is 103 Å². The number of furan rings is 1. The van der Waals surface area contributed by atoms with E-state index in [-0.39, 0.29) is 41.0 Å². The van der Waals surface area contributed by atoms with Crippen molar-refractivity contribution >= 4 is 24.0 Å². The number of nitrogens with zero attached hydrogens (tertiary/aromatic N) is 2. The first-order valence-corrected chi connectivity index (χ1v) is 9.54. The van der Waals surface area contributed by atoms with Crippen LogP contribution in [-0.4, -0.2) is 29.0 Å². The van der Waals surface area contributed by atoms with Gasteiger partial charge in [-0.1, -0.05) is 36.4 Å². The van der Waals surface area contributed by atoms with Gasteiger partial charge in [0, 0.05) is 5.56 Å². The first kappa shape index (κ1) is 17.6. The Kier molecular flexibility index (Phi) is 3.97. The van der Waals surface area contributed by atoms with Crippen LogP contribution in [0.5, 0.6) is 0 Å². The number of aromatic carboxylic acids is 1. The molecule has 146 valence electrons. The van der Waals surface area contributed by atoms with Crippen LogP contribution in [0, 0.1) is 23.7 Å². The summed E-state index contributed by atoms with van der Waals surface area (Å²) in [6.45, 7) is 0. The van der Waals surface area contributed by atoms with Crippen molar-refractivity contribution in [3.8, 4) is 11.3 Å². The Labute approximate surface area is 166 Å². The molecule has 4 atom stereocenters. The van der Waals surface area contributed by atoms with E-state index in [9.17, 15) is 19.5 Å². The average Bonchev–Trinajstić information content (AvgIpc) is 3.32. The minimum absolute atomic E-state index is 0.0815. The van der Waals surface area contributed by atoms with Crippen molar-refractivity contribution in [1.82, 2.24) is 5.01 Å². The third-order valence-electron chi connectivity index (χ3n) is 6.07. The second-order valence-electron chi connectivity index (χ2n) is 7.64. The van der Waals surface area contributed by atoms with Crippen LogP contribution in [0.15, 0.2) is 58.1 Å². The van der Waals surface area contributed by atoms with E-state index in [4.69, 9.17) is 4.42 Å². The summed E-state index contributed by atoms with van der Waals surface area (Å²) in [7, 11) is 0. The standard InChI is InChI=1S/C22H18N2O5/c25-20-18-13-3-4-14(6-5-13)19(18)21(26)24(20)23-11-16-9-10-17(29-16)12-1-7-15(8-2-12)22(27)28/h1-4,7-11,13-14,18-19H,5-6H2,(H,27,28)/p-1/b23-11-/t13-,14+,18+,19-. The third-order valence-corrected chi connectivity index (χ3v) is 6.07. The fraction of sp³-hybridized carbons (Fsp3) is 0.273. The average molecular weight is 389 g/mol. The molecule has 1 aromatic heterocycles. The van der Waals surface area contributed by atoms with Gasteiger partial charge in [-0.15, -0.1) is 0 Å². The summed E-state index contributed by atoms with van der Waals surface area (Å²) in [5.74, 6) is -1.14. The summed E-state index contributed by atoms with van der Waals surface area (Å²) in [5.41, 5.74) is 0.773. The number of hydrogen-bond donors (Lipinski definition) is 0. The van der Waals surface area contributed by atoms with E-state index >= 15 is 0 Å². The number of carbonyl (C=O) groups is 3. The lowest BCUT2D eigenvalue weighted by atomic mass is 9.63. The number of amides is 2. The van der Waals surface area contributed by atoms with Crippen molar-refractivity contribution in [3.05, 3.63) is 59.9 Å². The zero-order valence-electron chi connectivity index (χ0n) is 15.4. The predicted molar refractivity (Wildman–Crippen MR) is 100 cm³/mol. The SMILES string of the molecule is O=C([O-])c1ccc(-c2ccc(/C=N\N3C(=O)[C@@H]4[C@H](C3=O)[C@H]3C=C[C@@H]4CC3)o2)cc1. The number of allylic oxidation sites excluding steroid dienone is 2. The Morgan fingerprint density at radius 3 is 2.17 bits per heavy atom. The van der Waals surface area contributed by atoms with E-state index in [1.165, 1.54) is 18.3 Å². The quantitative estimate of drug-likeness (QED) is 0.451. The predicted octanol–water partition coefficient (Wildman–Crippen LogP) is 1.84. The van der Waals surface area contributed by atoms with E-state index in [2.05, 4.69) is 17.3 Å². The zero-order chi connectivity index (χ0) is 20.1. The van der Waals surface area contributed by atoms with Crippen molar-refractivity contribution in [1.29, 1.82) is 0 Å². The molecule has 6 rings (SSSR count). The molecule has 3 aliphatic carbocycles. The van der Waals surface area contributed by atoms with Crippen LogP contribution >= 0.6 is 0 Å². The van der Waals surface area contributed by atoms with Gasteiger partial charge in [0.05, 0.1) is 24.0 Å². The molecule has 7 nitrogen and oxygen atoms in total. The van der Waals surface area contributed by atoms with Gasteiger partial charge < -0.3 is 14.3 Å². The molecule has 1 aromatic carbocycles. The molecule has 2 fully saturated rings. The lowest BCUT2D eigenvalue weighted by molar-refractivity contribution is -0.255. The van der Waals surface area contributed by atoms with Gasteiger partial charge >= 0.3 is 0 Å². The van der Waals surface area contributed by atoms with Crippen LogP contribution in [-0.2, 0) is 9.59 Å². The van der Waals surface area contributed by atoms with Gasteiger partial charge in [0.1, 0.15) is 11.5 Å². The number of rotatable bonds is 4. The molecule has 1 saturated heterocycles. The third kappa shape index (κ3) is 2.81. The maximum absolute atomic E-state index is 12.7. The lowest BCUT2D eigenvalue weighted by Gasteiger charge is -2.37. The van der Waals surface area contributed by atoms with Gasteiger partial charge in [-0.3, -0.25) is 9.59 Å². The van der Waals surface area contributed by atoms with Crippen LogP contribution < -0.4 is 5.11 Å². The van der Waals surface area contributed by atoms with E-state index in [1.54, 1.807) is 24.3 Å². The van der Waals surface area contributed by atoms with Crippen molar-refractivity contribution in [2.75, 3.05) is 0 Å². The van der Waals surface area contributed by atoms with Crippen LogP contribution in [0.3, 0.4) is 0 Å². The molecule has 2 amide bonds. The Balaban J connectivity index is 1.34. The molecule has 0 spiro atoms. The molecule has 0 radical (unpaired) electrons. The molecule has 7 heteroatoms. The van der Waals surface area contributed by atoms with Crippen LogP contribution in [0.1, 0.15) is 29.0 Å². The Hall–Kier alpha value is -3.48. The molecule has 4 aliphatic rings. The molecule has 1 aliphatic heterocycles. The maximum Gasteiger partial charge on any atom is 0.254 e. The number of hydrogen-bond acceptors (Lipinski definition) is 6. The molecule has 2 aromatic rings. The Morgan fingerprint density at radius 2 is 1.62 bits per heavy atom. The van der Waals surface area contributed by atoms with E-state index < -0.39 is 5.97 Å². The second kappa shape index (κ2) is 6.55. The number of hydrazone groups is 1. The number of benzene rings is 1. The molecule has 0 unspecified atom stereocenters. The lowest BCUT2D eigenvalue weighted by Crippen LogP contribution is -2.38. The monoisotopic (exact) mass is 389 g/mol. The van der Waals surface area contributed by atoms with E-state index in [1.807, 2.05) is 0 Å². The molecule has 29 heavy (non-hydrogen) atoms. The number of carbonyl (C=O) groups excluding carboxylic acids is 3. The smallest absolute Gasteiger partial charge is 0.254 e. The fourth-order valence-corrected chi connectivity index (χ4v) is 4.63. The summed E-state index contributed by atoms with van der Waals surface area (Å²) in [6, 6.07) is 9.50. The number of carboxylic acids is 1. The van der Waals surface area contributed by atoms with Crippen LogP contribution in [0.2, 0.25) is 0 Å². The maximum atomic E-state index is 12.7. The normalized spacial score (nSPS) is 27.8. The van der Waals surface area contributed by atoms with Gasteiger partial charge in [-0.25, -0.2) is 0 Å². The van der Waals surface area contributed by atoms with Crippen LogP contribution in [0.4, 0.5) is 0 Å². The molecule has 0 N–H and O–H groups in total. The Morgan fingerprint density at radius 1 is 1.00 bits per heavy atom. The summed E-state index contributed by atoms with van der Waals surface area (Å²) in [4.78, 5) is 36.3. The number of fused-ring (bicyclic) bond motifs is 1. The number of imide groups is 1. The highest BCUT2D eigenvalue weighted by molar-refractivity contribution is 6.06. The van der Waals surface area contributed by atoms with Gasteiger partial charge in [0.15, 0.2) is 0 Å². The second-order valence-corrected chi connectivity index (χ2v) is 7.64. The minimum atomic E-state index is -1.24. The fourth-order valence-electron chi connectivity index (χ4n) is 4.63. The van der Waals surface area contributed by atoms with Crippen LogP contribution in [0.25, 0.3) is 11.3 Å². The van der Waals surface area contributed by atoms with Crippen molar-refractivity contribution in [2.24, 2.45) is 28.8 Å². The highest BCUT2D eigenvalue weighted by Gasteiger charge is 2.56. The van der Waals surface area contributed by atoms with E-state index in [0.29, 0.717) is 17.1 Å². The minimum Gasteiger partial charge on any atom is -0.545 e. The summed E-state index contributed by atoms with van der Waals surface area (Å²) < 4.78 is 5.70. The summed E-state index contributed by atoms with van der Waals surface area (Å²) >= 11 is 0. The molecule has 1 saturated carbocycles. The molecule has 2 heterocycles.